The Labute approximate surface area is 109 Å². The van der Waals surface area contributed by atoms with Gasteiger partial charge in [0.2, 0.25) is 0 Å². The highest BCUT2D eigenvalue weighted by Gasteiger charge is 2.33. The Morgan fingerprint density at radius 2 is 1.89 bits per heavy atom. The summed E-state index contributed by atoms with van der Waals surface area (Å²) in [6.07, 6.45) is -1.47. The van der Waals surface area contributed by atoms with E-state index in [-0.39, 0.29) is 17.5 Å². The SMILES string of the molecule is O=C1CCCCC(c2ccccc2OC(F)(F)F)C1. The molecule has 1 aromatic rings. The molecule has 1 aliphatic carbocycles. The second-order valence-electron chi connectivity index (χ2n) is 4.77. The third-order valence-corrected chi connectivity index (χ3v) is 3.32. The summed E-state index contributed by atoms with van der Waals surface area (Å²) in [5.41, 5.74) is 0.482. The fourth-order valence-corrected chi connectivity index (χ4v) is 2.49. The van der Waals surface area contributed by atoms with Crippen molar-refractivity contribution in [1.29, 1.82) is 0 Å². The van der Waals surface area contributed by atoms with Gasteiger partial charge in [-0.1, -0.05) is 24.6 Å². The molecule has 0 radical (unpaired) electrons. The van der Waals surface area contributed by atoms with Crippen LogP contribution in [0.3, 0.4) is 0 Å². The fourth-order valence-electron chi connectivity index (χ4n) is 2.49. The van der Waals surface area contributed by atoms with E-state index < -0.39 is 6.36 Å². The molecule has 19 heavy (non-hydrogen) atoms. The van der Waals surface area contributed by atoms with Gasteiger partial charge in [0.25, 0.3) is 0 Å². The summed E-state index contributed by atoms with van der Waals surface area (Å²) < 4.78 is 41.1. The van der Waals surface area contributed by atoms with Gasteiger partial charge in [0, 0.05) is 12.8 Å². The Bertz CT molecular complexity index is 454. The van der Waals surface area contributed by atoms with E-state index in [4.69, 9.17) is 0 Å². The Morgan fingerprint density at radius 1 is 1.16 bits per heavy atom. The summed E-state index contributed by atoms with van der Waals surface area (Å²) in [7, 11) is 0. The largest absolute Gasteiger partial charge is 0.573 e. The number of rotatable bonds is 2. The van der Waals surface area contributed by atoms with Gasteiger partial charge >= 0.3 is 6.36 Å². The molecule has 1 atom stereocenters. The molecule has 0 aliphatic heterocycles. The maximum Gasteiger partial charge on any atom is 0.573 e. The smallest absolute Gasteiger partial charge is 0.405 e. The average Bonchev–Trinajstić information content (AvgIpc) is 2.52. The van der Waals surface area contributed by atoms with Crippen molar-refractivity contribution >= 4 is 5.78 Å². The number of ketones is 1. The van der Waals surface area contributed by atoms with E-state index in [1.54, 1.807) is 12.1 Å². The van der Waals surface area contributed by atoms with Crippen molar-refractivity contribution in [3.05, 3.63) is 29.8 Å². The van der Waals surface area contributed by atoms with Gasteiger partial charge in [-0.25, -0.2) is 0 Å². The molecule has 5 heteroatoms. The molecule has 0 N–H and O–H groups in total. The summed E-state index contributed by atoms with van der Waals surface area (Å²) in [4.78, 5) is 11.6. The quantitative estimate of drug-likeness (QED) is 0.754. The second-order valence-corrected chi connectivity index (χ2v) is 4.77. The van der Waals surface area contributed by atoms with Crippen LogP contribution in [0.5, 0.6) is 5.75 Å². The van der Waals surface area contributed by atoms with Crippen LogP contribution in [0.15, 0.2) is 24.3 Å². The van der Waals surface area contributed by atoms with Crippen LogP contribution in [-0.4, -0.2) is 12.1 Å². The average molecular weight is 272 g/mol. The molecular formula is C14H15F3O2. The van der Waals surface area contributed by atoms with Crippen molar-refractivity contribution in [1.82, 2.24) is 0 Å². The first-order valence-corrected chi connectivity index (χ1v) is 6.32. The minimum atomic E-state index is -4.70. The van der Waals surface area contributed by atoms with Crippen LogP contribution in [0.1, 0.15) is 43.6 Å². The van der Waals surface area contributed by atoms with Gasteiger partial charge in [0.05, 0.1) is 0 Å². The molecule has 0 amide bonds. The maximum atomic E-state index is 12.4. The number of Topliss-reactive ketones (excluding diaryl/α,β-unsaturated/α-hetero) is 1. The van der Waals surface area contributed by atoms with E-state index >= 15 is 0 Å². The third kappa shape index (κ3) is 3.98. The van der Waals surface area contributed by atoms with Crippen molar-refractivity contribution in [2.45, 2.75) is 44.4 Å². The zero-order valence-corrected chi connectivity index (χ0v) is 10.4. The normalized spacial score (nSPS) is 21.0. The van der Waals surface area contributed by atoms with Crippen LogP contribution < -0.4 is 4.74 Å². The number of carbonyl (C=O) groups excluding carboxylic acids is 1. The zero-order valence-electron chi connectivity index (χ0n) is 10.4. The summed E-state index contributed by atoms with van der Waals surface area (Å²) in [6.45, 7) is 0. The molecule has 0 spiro atoms. The Morgan fingerprint density at radius 3 is 2.63 bits per heavy atom. The van der Waals surface area contributed by atoms with Crippen molar-refractivity contribution in [3.8, 4) is 5.75 Å². The number of halogens is 3. The monoisotopic (exact) mass is 272 g/mol. The summed E-state index contributed by atoms with van der Waals surface area (Å²) in [5.74, 6) is -0.243. The van der Waals surface area contributed by atoms with E-state index in [0.717, 1.165) is 19.3 Å². The van der Waals surface area contributed by atoms with Gasteiger partial charge in [0.15, 0.2) is 0 Å². The Hall–Kier alpha value is -1.52. The van der Waals surface area contributed by atoms with Crippen molar-refractivity contribution in [3.63, 3.8) is 0 Å². The molecule has 1 unspecified atom stereocenters. The first-order valence-electron chi connectivity index (χ1n) is 6.32. The molecule has 1 fully saturated rings. The highest BCUT2D eigenvalue weighted by Crippen LogP contribution is 2.37. The summed E-state index contributed by atoms with van der Waals surface area (Å²) in [5, 5.41) is 0. The van der Waals surface area contributed by atoms with Crippen LogP contribution in [-0.2, 0) is 4.79 Å². The molecule has 0 heterocycles. The number of hydrogen-bond acceptors (Lipinski definition) is 2. The van der Waals surface area contributed by atoms with Gasteiger partial charge in [0.1, 0.15) is 11.5 Å². The molecule has 1 aliphatic rings. The van der Waals surface area contributed by atoms with Crippen LogP contribution >= 0.6 is 0 Å². The van der Waals surface area contributed by atoms with Gasteiger partial charge in [-0.2, -0.15) is 0 Å². The predicted octanol–water partition coefficient (Wildman–Crippen LogP) is 4.20. The molecular weight excluding hydrogens is 257 g/mol. The van der Waals surface area contributed by atoms with Crippen LogP contribution in [0.25, 0.3) is 0 Å². The van der Waals surface area contributed by atoms with E-state index in [1.165, 1.54) is 12.1 Å². The molecule has 104 valence electrons. The third-order valence-electron chi connectivity index (χ3n) is 3.32. The van der Waals surface area contributed by atoms with E-state index in [0.29, 0.717) is 18.4 Å². The van der Waals surface area contributed by atoms with Gasteiger partial charge < -0.3 is 4.74 Å². The maximum absolute atomic E-state index is 12.4. The lowest BCUT2D eigenvalue weighted by Gasteiger charge is -2.19. The molecule has 0 saturated heterocycles. The Kier molecular flexibility index (Phi) is 4.12. The first-order chi connectivity index (χ1) is 8.96. The minimum Gasteiger partial charge on any atom is -0.405 e. The lowest BCUT2D eigenvalue weighted by atomic mass is 9.91. The molecule has 2 nitrogen and oxygen atoms in total. The number of hydrogen-bond donors (Lipinski definition) is 0. The first kappa shape index (κ1) is 13.9. The van der Waals surface area contributed by atoms with E-state index in [9.17, 15) is 18.0 Å². The number of para-hydroxylation sites is 1. The predicted molar refractivity (Wildman–Crippen MR) is 64.0 cm³/mol. The highest BCUT2D eigenvalue weighted by molar-refractivity contribution is 5.79. The molecule has 1 aromatic carbocycles. The zero-order chi connectivity index (χ0) is 13.9. The fraction of sp³-hybridized carbons (Fsp3) is 0.500. The number of alkyl halides is 3. The highest BCUT2D eigenvalue weighted by atomic mass is 19.4. The lowest BCUT2D eigenvalue weighted by Crippen LogP contribution is -2.19. The number of benzene rings is 1. The molecule has 1 saturated carbocycles. The number of carbonyl (C=O) groups is 1. The molecule has 2 rings (SSSR count). The van der Waals surface area contributed by atoms with Crippen molar-refractivity contribution in [2.75, 3.05) is 0 Å². The van der Waals surface area contributed by atoms with Gasteiger partial charge in [-0.3, -0.25) is 4.79 Å². The summed E-state index contributed by atoms with van der Waals surface area (Å²) >= 11 is 0. The van der Waals surface area contributed by atoms with Crippen molar-refractivity contribution in [2.24, 2.45) is 0 Å². The second kappa shape index (κ2) is 5.63. The van der Waals surface area contributed by atoms with Gasteiger partial charge in [-0.15, -0.1) is 13.2 Å². The van der Waals surface area contributed by atoms with E-state index in [2.05, 4.69) is 4.74 Å². The van der Waals surface area contributed by atoms with Crippen LogP contribution in [0, 0.1) is 0 Å². The molecule has 0 aromatic heterocycles. The molecule has 0 bridgehead atoms. The topological polar surface area (TPSA) is 26.3 Å². The standard InChI is InChI=1S/C14H15F3O2/c15-14(16,17)19-13-8-4-3-7-12(13)10-5-1-2-6-11(18)9-10/h3-4,7-8,10H,1-2,5-6,9H2. The summed E-state index contributed by atoms with van der Waals surface area (Å²) in [6, 6.07) is 6.10. The van der Waals surface area contributed by atoms with Gasteiger partial charge in [-0.05, 0) is 30.4 Å². The lowest BCUT2D eigenvalue weighted by molar-refractivity contribution is -0.275. The van der Waals surface area contributed by atoms with Crippen molar-refractivity contribution < 1.29 is 22.7 Å². The van der Waals surface area contributed by atoms with Crippen LogP contribution in [0.4, 0.5) is 13.2 Å². The van der Waals surface area contributed by atoms with Crippen LogP contribution in [0.2, 0.25) is 0 Å². The number of ether oxygens (including phenoxy) is 1. The minimum absolute atomic E-state index is 0.115. The van der Waals surface area contributed by atoms with E-state index in [1.807, 2.05) is 0 Å². The Balaban J connectivity index is 2.25.